The van der Waals surface area contributed by atoms with E-state index in [1.165, 1.54) is 25.2 Å². The Morgan fingerprint density at radius 1 is 1.12 bits per heavy atom. The Kier molecular flexibility index (Phi) is 5.77. The van der Waals surface area contributed by atoms with Crippen LogP contribution in [0, 0.1) is 0 Å². The van der Waals surface area contributed by atoms with Crippen molar-refractivity contribution in [1.29, 1.82) is 0 Å². The number of nitrogens with zero attached hydrogens (tertiary/aromatic N) is 3. The molecule has 0 aliphatic carbocycles. The summed E-state index contributed by atoms with van der Waals surface area (Å²) in [5.74, 6) is 1.40. The van der Waals surface area contributed by atoms with Gasteiger partial charge in [-0.05, 0) is 42.3 Å². The van der Waals surface area contributed by atoms with Crippen molar-refractivity contribution in [3.63, 3.8) is 0 Å². The summed E-state index contributed by atoms with van der Waals surface area (Å²) < 4.78 is 55.0. The van der Waals surface area contributed by atoms with Crippen molar-refractivity contribution in [1.82, 2.24) is 15.0 Å². The normalized spacial score (nSPS) is 16.5. The van der Waals surface area contributed by atoms with Gasteiger partial charge in [-0.15, -0.1) is 0 Å². The molecule has 0 saturated carbocycles. The molecule has 1 aromatic heterocycles. The molecule has 7 nitrogen and oxygen atoms in total. The zero-order valence-electron chi connectivity index (χ0n) is 17.3. The number of amides is 1. The molecule has 0 bridgehead atoms. The van der Waals surface area contributed by atoms with Crippen molar-refractivity contribution in [2.24, 2.45) is 0 Å². The van der Waals surface area contributed by atoms with Crippen molar-refractivity contribution < 1.29 is 32.0 Å². The molecule has 0 radical (unpaired) electrons. The van der Waals surface area contributed by atoms with E-state index in [1.807, 2.05) is 0 Å². The van der Waals surface area contributed by atoms with Crippen LogP contribution in [0.3, 0.4) is 0 Å². The fourth-order valence-corrected chi connectivity index (χ4v) is 3.69. The molecule has 3 aromatic rings. The van der Waals surface area contributed by atoms with Crippen LogP contribution >= 0.6 is 0 Å². The van der Waals surface area contributed by atoms with E-state index in [0.717, 1.165) is 12.1 Å². The van der Waals surface area contributed by atoms with Crippen molar-refractivity contribution in [2.45, 2.75) is 31.6 Å². The fourth-order valence-electron chi connectivity index (χ4n) is 3.69. The van der Waals surface area contributed by atoms with Crippen LogP contribution < -0.4 is 9.47 Å². The molecule has 4 rings (SSSR count). The number of ether oxygens (including phenoxy) is 2. The Balaban J connectivity index is 1.58. The largest absolute Gasteiger partial charge is 0.493 e. The van der Waals surface area contributed by atoms with Gasteiger partial charge in [0.05, 0.1) is 19.8 Å². The van der Waals surface area contributed by atoms with Crippen LogP contribution in [-0.4, -0.2) is 35.2 Å². The van der Waals surface area contributed by atoms with Gasteiger partial charge in [0.25, 0.3) is 0 Å². The third-order valence-corrected chi connectivity index (χ3v) is 5.30. The molecule has 1 unspecified atom stereocenters. The SMILES string of the molecule is COc1ccc(-c2noc(C3CCC(=O)N3Cc3cccc(C(F)(F)F)c3)n2)cc1OC. The highest BCUT2D eigenvalue weighted by Gasteiger charge is 2.37. The molecule has 2 heterocycles. The Morgan fingerprint density at radius 2 is 1.91 bits per heavy atom. The molecule has 32 heavy (non-hydrogen) atoms. The highest BCUT2D eigenvalue weighted by atomic mass is 19.4. The first-order valence-corrected chi connectivity index (χ1v) is 9.81. The summed E-state index contributed by atoms with van der Waals surface area (Å²) in [4.78, 5) is 18.4. The quantitative estimate of drug-likeness (QED) is 0.548. The standard InChI is InChI=1S/C22H20F3N3O4/c1-30-17-8-6-14(11-18(17)31-2)20-26-21(32-27-20)16-7-9-19(29)28(16)12-13-4-3-5-15(10-13)22(23,24)25/h3-6,8,10-11,16H,7,9,12H2,1-2H3. The van der Waals surface area contributed by atoms with Gasteiger partial charge in [0.2, 0.25) is 17.6 Å². The van der Waals surface area contributed by atoms with Crippen LogP contribution in [0.25, 0.3) is 11.4 Å². The monoisotopic (exact) mass is 447 g/mol. The summed E-state index contributed by atoms with van der Waals surface area (Å²) >= 11 is 0. The Hall–Kier alpha value is -3.56. The van der Waals surface area contributed by atoms with Gasteiger partial charge in [-0.25, -0.2) is 0 Å². The Bertz CT molecular complexity index is 1130. The molecule has 168 valence electrons. The Labute approximate surface area is 181 Å². The minimum absolute atomic E-state index is 0.0154. The lowest BCUT2D eigenvalue weighted by molar-refractivity contribution is -0.137. The molecule has 1 aliphatic rings. The second-order valence-corrected chi connectivity index (χ2v) is 7.30. The van der Waals surface area contributed by atoms with Gasteiger partial charge >= 0.3 is 6.18 Å². The number of likely N-dealkylation sites (tertiary alicyclic amines) is 1. The maximum atomic E-state index is 13.0. The number of alkyl halides is 3. The predicted molar refractivity (Wildman–Crippen MR) is 107 cm³/mol. The van der Waals surface area contributed by atoms with E-state index in [0.29, 0.717) is 34.9 Å². The zero-order chi connectivity index (χ0) is 22.9. The van der Waals surface area contributed by atoms with E-state index in [-0.39, 0.29) is 24.8 Å². The van der Waals surface area contributed by atoms with Crippen LogP contribution in [0.1, 0.15) is 35.9 Å². The number of rotatable bonds is 6. The number of halogens is 3. The molecule has 0 spiro atoms. The zero-order valence-corrected chi connectivity index (χ0v) is 17.3. The average molecular weight is 447 g/mol. The van der Waals surface area contributed by atoms with E-state index in [2.05, 4.69) is 10.1 Å². The number of hydrogen-bond acceptors (Lipinski definition) is 6. The van der Waals surface area contributed by atoms with Crippen molar-refractivity contribution in [3.8, 4) is 22.9 Å². The third-order valence-electron chi connectivity index (χ3n) is 5.30. The van der Waals surface area contributed by atoms with Gasteiger partial charge in [0, 0.05) is 18.5 Å². The van der Waals surface area contributed by atoms with Gasteiger partial charge in [-0.1, -0.05) is 17.3 Å². The summed E-state index contributed by atoms with van der Waals surface area (Å²) in [6.45, 7) is 0.0154. The number of hydrogen-bond donors (Lipinski definition) is 0. The van der Waals surface area contributed by atoms with Crippen molar-refractivity contribution in [2.75, 3.05) is 14.2 Å². The van der Waals surface area contributed by atoms with Crippen LogP contribution in [0.2, 0.25) is 0 Å². The predicted octanol–water partition coefficient (Wildman–Crippen LogP) is 4.64. The molecule has 2 aromatic carbocycles. The number of aromatic nitrogens is 2. The molecular formula is C22H20F3N3O4. The van der Waals surface area contributed by atoms with Crippen molar-refractivity contribution in [3.05, 3.63) is 59.5 Å². The summed E-state index contributed by atoms with van der Waals surface area (Å²) in [7, 11) is 3.04. The average Bonchev–Trinajstić information content (AvgIpc) is 3.40. The lowest BCUT2D eigenvalue weighted by atomic mass is 10.1. The molecule has 10 heteroatoms. The molecule has 1 amide bonds. The van der Waals surface area contributed by atoms with E-state index in [9.17, 15) is 18.0 Å². The molecule has 1 aliphatic heterocycles. The lowest BCUT2D eigenvalue weighted by Crippen LogP contribution is -2.27. The first-order chi connectivity index (χ1) is 15.3. The lowest BCUT2D eigenvalue weighted by Gasteiger charge is -2.22. The first-order valence-electron chi connectivity index (χ1n) is 9.81. The minimum Gasteiger partial charge on any atom is -0.493 e. The molecular weight excluding hydrogens is 427 g/mol. The van der Waals surface area contributed by atoms with Gasteiger partial charge in [0.15, 0.2) is 11.5 Å². The maximum Gasteiger partial charge on any atom is 0.416 e. The highest BCUT2D eigenvalue weighted by Crippen LogP contribution is 2.36. The third kappa shape index (κ3) is 4.25. The van der Waals surface area contributed by atoms with E-state index in [1.54, 1.807) is 24.3 Å². The van der Waals surface area contributed by atoms with Gasteiger partial charge < -0.3 is 18.9 Å². The van der Waals surface area contributed by atoms with E-state index in [4.69, 9.17) is 14.0 Å². The molecule has 1 fully saturated rings. The van der Waals surface area contributed by atoms with E-state index < -0.39 is 17.8 Å². The minimum atomic E-state index is -4.45. The smallest absolute Gasteiger partial charge is 0.416 e. The van der Waals surface area contributed by atoms with Gasteiger partial charge in [-0.2, -0.15) is 18.2 Å². The number of methoxy groups -OCH3 is 2. The highest BCUT2D eigenvalue weighted by molar-refractivity contribution is 5.79. The second kappa shape index (κ2) is 8.52. The first kappa shape index (κ1) is 21.7. The van der Waals surface area contributed by atoms with Gasteiger partial charge in [-0.3, -0.25) is 4.79 Å². The summed E-state index contributed by atoms with van der Waals surface area (Å²) in [5, 5.41) is 4.01. The summed E-state index contributed by atoms with van der Waals surface area (Å²) in [6.07, 6.45) is -3.77. The summed E-state index contributed by atoms with van der Waals surface area (Å²) in [6, 6.07) is 9.58. The van der Waals surface area contributed by atoms with Crippen LogP contribution in [0.15, 0.2) is 47.0 Å². The van der Waals surface area contributed by atoms with Crippen LogP contribution in [-0.2, 0) is 17.5 Å². The number of carbonyl (C=O) groups is 1. The number of benzene rings is 2. The molecule has 1 saturated heterocycles. The summed E-state index contributed by atoms with van der Waals surface area (Å²) in [5.41, 5.74) is 0.248. The molecule has 0 N–H and O–H groups in total. The second-order valence-electron chi connectivity index (χ2n) is 7.30. The topological polar surface area (TPSA) is 77.7 Å². The van der Waals surface area contributed by atoms with E-state index >= 15 is 0 Å². The van der Waals surface area contributed by atoms with Gasteiger partial charge in [0.1, 0.15) is 6.04 Å². The van der Waals surface area contributed by atoms with Crippen molar-refractivity contribution >= 4 is 5.91 Å². The molecule has 1 atom stereocenters. The van der Waals surface area contributed by atoms with Crippen LogP contribution in [0.4, 0.5) is 13.2 Å². The fraction of sp³-hybridized carbons (Fsp3) is 0.318. The maximum absolute atomic E-state index is 13.0. The van der Waals surface area contributed by atoms with Crippen LogP contribution in [0.5, 0.6) is 11.5 Å². The number of carbonyl (C=O) groups excluding carboxylic acids is 1. The Morgan fingerprint density at radius 3 is 2.62 bits per heavy atom.